The fourth-order valence-electron chi connectivity index (χ4n) is 3.17. The lowest BCUT2D eigenvalue weighted by molar-refractivity contribution is -0.117. The molecular formula is C20H24N2O4S. The standard InChI is InChI=1S/C20H24N2O4S/c1-14-6-8-16(9-7-14)15(2)21-27(24,25)17-10-11-19(26-3)18(13-17)22-12-4-5-20(22)23/h6-11,13,15,21H,4-5,12H2,1-3H3/t15-/m0/s1. The van der Waals surface area contributed by atoms with E-state index in [2.05, 4.69) is 4.72 Å². The van der Waals surface area contributed by atoms with Crippen molar-refractivity contribution in [1.82, 2.24) is 4.72 Å². The van der Waals surface area contributed by atoms with E-state index in [4.69, 9.17) is 4.74 Å². The van der Waals surface area contributed by atoms with E-state index >= 15 is 0 Å². The van der Waals surface area contributed by atoms with Crippen molar-refractivity contribution < 1.29 is 17.9 Å². The normalized spacial score (nSPS) is 15.8. The third kappa shape index (κ3) is 4.14. The van der Waals surface area contributed by atoms with Crippen molar-refractivity contribution in [3.8, 4) is 5.75 Å². The van der Waals surface area contributed by atoms with Gasteiger partial charge in [0.1, 0.15) is 5.75 Å². The van der Waals surface area contributed by atoms with Crippen molar-refractivity contribution in [3.63, 3.8) is 0 Å². The zero-order valence-corrected chi connectivity index (χ0v) is 16.5. The van der Waals surface area contributed by atoms with Gasteiger partial charge in [-0.25, -0.2) is 13.1 Å². The van der Waals surface area contributed by atoms with Gasteiger partial charge in [0, 0.05) is 19.0 Å². The molecule has 1 fully saturated rings. The molecule has 2 aromatic rings. The second kappa shape index (κ2) is 7.70. The molecule has 1 saturated heterocycles. The van der Waals surface area contributed by atoms with Crippen molar-refractivity contribution in [2.24, 2.45) is 0 Å². The summed E-state index contributed by atoms with van der Waals surface area (Å²) in [4.78, 5) is 13.8. The summed E-state index contributed by atoms with van der Waals surface area (Å²) in [7, 11) is -2.25. The summed E-state index contributed by atoms with van der Waals surface area (Å²) >= 11 is 0. The molecule has 0 aromatic heterocycles. The van der Waals surface area contributed by atoms with Crippen LogP contribution in [0.5, 0.6) is 5.75 Å². The highest BCUT2D eigenvalue weighted by Crippen LogP contribution is 2.34. The van der Waals surface area contributed by atoms with Crippen LogP contribution in [0.3, 0.4) is 0 Å². The number of amides is 1. The molecule has 1 atom stereocenters. The van der Waals surface area contributed by atoms with Crippen LogP contribution in [0, 0.1) is 6.92 Å². The Morgan fingerprint density at radius 1 is 1.15 bits per heavy atom. The van der Waals surface area contributed by atoms with Crippen LogP contribution in [0.15, 0.2) is 47.4 Å². The third-order valence-electron chi connectivity index (χ3n) is 4.73. The topological polar surface area (TPSA) is 75.7 Å². The molecule has 0 unspecified atom stereocenters. The Bertz CT molecular complexity index is 939. The summed E-state index contributed by atoms with van der Waals surface area (Å²) in [6.07, 6.45) is 1.21. The molecule has 0 radical (unpaired) electrons. The van der Waals surface area contributed by atoms with Crippen LogP contribution < -0.4 is 14.4 Å². The van der Waals surface area contributed by atoms with Gasteiger partial charge in [0.25, 0.3) is 0 Å². The number of carbonyl (C=O) groups excluding carboxylic acids is 1. The Hall–Kier alpha value is -2.38. The minimum absolute atomic E-state index is 0.0242. The van der Waals surface area contributed by atoms with Gasteiger partial charge in [0.05, 0.1) is 17.7 Å². The number of aryl methyl sites for hydroxylation is 1. The quantitative estimate of drug-likeness (QED) is 0.825. The van der Waals surface area contributed by atoms with Gasteiger partial charge in [-0.2, -0.15) is 0 Å². The van der Waals surface area contributed by atoms with Crippen LogP contribution in [-0.4, -0.2) is 28.0 Å². The maximum Gasteiger partial charge on any atom is 0.241 e. The van der Waals surface area contributed by atoms with Crippen molar-refractivity contribution in [1.29, 1.82) is 0 Å². The number of nitrogens with zero attached hydrogens (tertiary/aromatic N) is 1. The summed E-state index contributed by atoms with van der Waals surface area (Å²) in [6, 6.07) is 11.9. The average molecular weight is 388 g/mol. The Balaban J connectivity index is 1.89. The molecule has 0 aliphatic carbocycles. The van der Waals surface area contributed by atoms with Gasteiger partial charge in [-0.1, -0.05) is 29.8 Å². The second-order valence-electron chi connectivity index (χ2n) is 6.74. The van der Waals surface area contributed by atoms with Crippen LogP contribution in [0.1, 0.15) is 36.9 Å². The SMILES string of the molecule is COc1ccc(S(=O)(=O)N[C@@H](C)c2ccc(C)cc2)cc1N1CCCC1=O. The number of anilines is 1. The van der Waals surface area contributed by atoms with E-state index in [0.717, 1.165) is 17.5 Å². The third-order valence-corrected chi connectivity index (χ3v) is 6.27. The molecule has 1 aliphatic heterocycles. The Labute approximate surface area is 160 Å². The molecule has 0 saturated carbocycles. The first-order valence-electron chi connectivity index (χ1n) is 8.89. The van der Waals surface area contributed by atoms with E-state index in [1.54, 1.807) is 17.9 Å². The van der Waals surface area contributed by atoms with Crippen LogP contribution in [0.2, 0.25) is 0 Å². The minimum Gasteiger partial charge on any atom is -0.495 e. The molecule has 1 N–H and O–H groups in total. The van der Waals surface area contributed by atoms with E-state index in [1.165, 1.54) is 19.2 Å². The number of nitrogens with one attached hydrogen (secondary N) is 1. The molecular weight excluding hydrogens is 364 g/mol. The lowest BCUT2D eigenvalue weighted by atomic mass is 10.1. The van der Waals surface area contributed by atoms with Crippen molar-refractivity contribution in [3.05, 3.63) is 53.6 Å². The molecule has 6 nitrogen and oxygen atoms in total. The van der Waals surface area contributed by atoms with E-state index in [-0.39, 0.29) is 16.8 Å². The maximum absolute atomic E-state index is 12.9. The molecule has 1 aliphatic rings. The fraction of sp³-hybridized carbons (Fsp3) is 0.350. The molecule has 2 aromatic carbocycles. The second-order valence-corrected chi connectivity index (χ2v) is 8.45. The Kier molecular flexibility index (Phi) is 5.53. The molecule has 1 amide bonds. The summed E-state index contributed by atoms with van der Waals surface area (Å²) in [5, 5.41) is 0. The Morgan fingerprint density at radius 2 is 1.85 bits per heavy atom. The number of sulfonamides is 1. The van der Waals surface area contributed by atoms with Crippen LogP contribution >= 0.6 is 0 Å². The number of ether oxygens (including phenoxy) is 1. The average Bonchev–Trinajstić information content (AvgIpc) is 3.07. The summed E-state index contributed by atoms with van der Waals surface area (Å²) in [6.45, 7) is 4.35. The highest BCUT2D eigenvalue weighted by atomic mass is 32.2. The van der Waals surface area contributed by atoms with Gasteiger partial charge in [-0.05, 0) is 44.0 Å². The van der Waals surface area contributed by atoms with Gasteiger partial charge in [0.15, 0.2) is 0 Å². The van der Waals surface area contributed by atoms with Crippen molar-refractivity contribution in [2.75, 3.05) is 18.6 Å². The zero-order valence-electron chi connectivity index (χ0n) is 15.7. The predicted octanol–water partition coefficient (Wildman–Crippen LogP) is 3.17. The van der Waals surface area contributed by atoms with Crippen molar-refractivity contribution in [2.45, 2.75) is 37.6 Å². The molecule has 0 bridgehead atoms. The first kappa shape index (κ1) is 19.4. The number of benzene rings is 2. The lowest BCUT2D eigenvalue weighted by Crippen LogP contribution is -2.28. The highest BCUT2D eigenvalue weighted by molar-refractivity contribution is 7.89. The van der Waals surface area contributed by atoms with Crippen molar-refractivity contribution >= 4 is 21.6 Å². The summed E-state index contributed by atoms with van der Waals surface area (Å²) < 4.78 is 33.8. The van der Waals surface area contributed by atoms with E-state index in [1.807, 2.05) is 31.2 Å². The molecule has 7 heteroatoms. The number of carbonyl (C=O) groups is 1. The smallest absolute Gasteiger partial charge is 0.241 e. The van der Waals surface area contributed by atoms with E-state index in [9.17, 15) is 13.2 Å². The number of hydrogen-bond acceptors (Lipinski definition) is 4. The monoisotopic (exact) mass is 388 g/mol. The maximum atomic E-state index is 12.9. The molecule has 0 spiro atoms. The largest absolute Gasteiger partial charge is 0.495 e. The van der Waals surface area contributed by atoms with Crippen LogP contribution in [0.4, 0.5) is 5.69 Å². The molecule has 27 heavy (non-hydrogen) atoms. The summed E-state index contributed by atoms with van der Waals surface area (Å²) in [5.41, 5.74) is 2.49. The Morgan fingerprint density at radius 3 is 2.44 bits per heavy atom. The van der Waals surface area contributed by atoms with E-state index < -0.39 is 10.0 Å². The number of hydrogen-bond donors (Lipinski definition) is 1. The first-order valence-corrected chi connectivity index (χ1v) is 10.4. The number of rotatable bonds is 6. The zero-order chi connectivity index (χ0) is 19.6. The first-order chi connectivity index (χ1) is 12.8. The number of methoxy groups -OCH3 is 1. The molecule has 144 valence electrons. The van der Waals surface area contributed by atoms with Gasteiger partial charge < -0.3 is 9.64 Å². The van der Waals surface area contributed by atoms with Crippen LogP contribution in [-0.2, 0) is 14.8 Å². The summed E-state index contributed by atoms with van der Waals surface area (Å²) in [5.74, 6) is 0.458. The molecule has 3 rings (SSSR count). The van der Waals surface area contributed by atoms with Gasteiger partial charge in [-0.15, -0.1) is 0 Å². The van der Waals surface area contributed by atoms with Crippen LogP contribution in [0.25, 0.3) is 0 Å². The fourth-order valence-corrected chi connectivity index (χ4v) is 4.43. The minimum atomic E-state index is -3.76. The highest BCUT2D eigenvalue weighted by Gasteiger charge is 2.27. The van der Waals surface area contributed by atoms with Gasteiger partial charge >= 0.3 is 0 Å². The molecule has 1 heterocycles. The van der Waals surface area contributed by atoms with Gasteiger partial charge in [-0.3, -0.25) is 4.79 Å². The van der Waals surface area contributed by atoms with E-state index in [0.29, 0.717) is 24.4 Å². The lowest BCUT2D eigenvalue weighted by Gasteiger charge is -2.21. The van der Waals surface area contributed by atoms with Gasteiger partial charge in [0.2, 0.25) is 15.9 Å². The predicted molar refractivity (Wildman–Crippen MR) is 104 cm³/mol.